The lowest BCUT2D eigenvalue weighted by Crippen LogP contribution is -2.32. The van der Waals surface area contributed by atoms with E-state index < -0.39 is 5.95 Å². The first-order valence-corrected chi connectivity index (χ1v) is 11.1. The summed E-state index contributed by atoms with van der Waals surface area (Å²) in [5.41, 5.74) is 8.37. The molecule has 0 spiro atoms. The van der Waals surface area contributed by atoms with Crippen molar-refractivity contribution in [1.82, 2.24) is 25.1 Å². The largest absolute Gasteiger partial charge is 0.355 e. The fourth-order valence-corrected chi connectivity index (χ4v) is 5.77. The van der Waals surface area contributed by atoms with Crippen molar-refractivity contribution < 1.29 is 8.78 Å². The summed E-state index contributed by atoms with van der Waals surface area (Å²) in [4.78, 5) is 15.0. The van der Waals surface area contributed by atoms with E-state index in [1.165, 1.54) is 12.3 Å². The van der Waals surface area contributed by atoms with Gasteiger partial charge in [-0.25, -0.2) is 19.3 Å². The highest BCUT2D eigenvalue weighted by Crippen LogP contribution is 2.63. The molecule has 0 radical (unpaired) electrons. The summed E-state index contributed by atoms with van der Waals surface area (Å²) < 4.78 is 28.4. The second-order valence-electron chi connectivity index (χ2n) is 8.63. The van der Waals surface area contributed by atoms with Gasteiger partial charge in [0.2, 0.25) is 5.95 Å². The topological polar surface area (TPSA) is 96.6 Å². The number of nitrogens with zero attached hydrogens (tertiary/aromatic N) is 5. The highest BCUT2D eigenvalue weighted by atomic mass is 35.5. The lowest BCUT2D eigenvalue weighted by molar-refractivity contribution is 0.533. The van der Waals surface area contributed by atoms with Gasteiger partial charge in [0.15, 0.2) is 5.65 Å². The van der Waals surface area contributed by atoms with Gasteiger partial charge in [-0.2, -0.15) is 9.49 Å². The van der Waals surface area contributed by atoms with E-state index in [0.717, 1.165) is 19.5 Å². The first-order valence-electron chi connectivity index (χ1n) is 10.8. The van der Waals surface area contributed by atoms with Gasteiger partial charge in [-0.05, 0) is 36.0 Å². The second-order valence-corrected chi connectivity index (χ2v) is 9.01. The number of piperidine rings is 1. The number of H-pyrrole nitrogens is 1. The van der Waals surface area contributed by atoms with Gasteiger partial charge in [-0.1, -0.05) is 29.8 Å². The molecule has 0 unspecified atom stereocenters. The van der Waals surface area contributed by atoms with Gasteiger partial charge in [-0.15, -0.1) is 0 Å². The summed E-state index contributed by atoms with van der Waals surface area (Å²) in [5, 5.41) is 7.02. The number of hydrogen-bond acceptors (Lipinski definition) is 6. The molecular weight excluding hydrogens is 448 g/mol. The van der Waals surface area contributed by atoms with Crippen molar-refractivity contribution >= 4 is 28.6 Å². The van der Waals surface area contributed by atoms with Crippen LogP contribution in [-0.2, 0) is 5.41 Å². The van der Waals surface area contributed by atoms with Crippen LogP contribution in [0.1, 0.15) is 12.0 Å². The van der Waals surface area contributed by atoms with Crippen LogP contribution in [0.15, 0.2) is 42.7 Å². The lowest BCUT2D eigenvalue weighted by atomic mass is 9.91. The summed E-state index contributed by atoms with van der Waals surface area (Å²) in [6.07, 6.45) is 3.91. The Balaban J connectivity index is 1.30. The standard InChI is InChI=1S/C23H20ClF2N7/c24-18-12(5-7-28-21(18)26)19-20-22(32-31-19)30-17(9-29-20)33-8-6-13-15(10-33)23(13,11-27)14-3-1-2-4-16(14)25/h1-5,7,9,13,15H,6,8,10-11,27H2,(H,30,31,32)/t13-,15+,23-/m1/s1. The smallest absolute Gasteiger partial charge is 0.232 e. The molecule has 1 aliphatic heterocycles. The fraction of sp³-hybridized carbons (Fsp3) is 0.304. The first kappa shape index (κ1) is 20.4. The SMILES string of the molecule is NC[C@]1(c2ccccc2F)[C@@H]2CCN(c3cnc4c(-c5ccnc(F)c5Cl)n[nH]c4n3)C[C@@H]21. The molecule has 4 heterocycles. The van der Waals surface area contributed by atoms with Crippen LogP contribution in [0.2, 0.25) is 5.02 Å². The van der Waals surface area contributed by atoms with Crippen molar-refractivity contribution in [3.63, 3.8) is 0 Å². The zero-order valence-electron chi connectivity index (χ0n) is 17.5. The van der Waals surface area contributed by atoms with Crippen LogP contribution in [0, 0.1) is 23.6 Å². The van der Waals surface area contributed by atoms with Crippen LogP contribution in [0.5, 0.6) is 0 Å². The van der Waals surface area contributed by atoms with Crippen molar-refractivity contribution in [2.75, 3.05) is 24.5 Å². The van der Waals surface area contributed by atoms with Crippen LogP contribution < -0.4 is 10.6 Å². The predicted molar refractivity (Wildman–Crippen MR) is 121 cm³/mol. The summed E-state index contributed by atoms with van der Waals surface area (Å²) in [7, 11) is 0. The van der Waals surface area contributed by atoms with Crippen molar-refractivity contribution in [2.45, 2.75) is 11.8 Å². The molecule has 0 bridgehead atoms. The van der Waals surface area contributed by atoms with Crippen LogP contribution in [0.25, 0.3) is 22.4 Å². The Morgan fingerprint density at radius 1 is 1.18 bits per heavy atom. The Morgan fingerprint density at radius 2 is 2.03 bits per heavy atom. The minimum absolute atomic E-state index is 0.112. The number of aromatic amines is 1. The Hall–Kier alpha value is -3.17. The van der Waals surface area contributed by atoms with E-state index in [-0.39, 0.29) is 22.2 Å². The monoisotopic (exact) mass is 467 g/mol. The highest BCUT2D eigenvalue weighted by Gasteiger charge is 2.66. The maximum atomic E-state index is 14.6. The molecule has 2 fully saturated rings. The minimum atomic E-state index is -0.763. The third-order valence-electron chi connectivity index (χ3n) is 7.22. The molecule has 4 aromatic rings. The predicted octanol–water partition coefficient (Wildman–Crippen LogP) is 3.70. The van der Waals surface area contributed by atoms with Gasteiger partial charge in [0.1, 0.15) is 27.9 Å². The van der Waals surface area contributed by atoms with Crippen molar-refractivity contribution in [2.24, 2.45) is 17.6 Å². The molecule has 2 aliphatic rings. The molecule has 3 aromatic heterocycles. The molecule has 33 heavy (non-hydrogen) atoms. The van der Waals surface area contributed by atoms with E-state index >= 15 is 0 Å². The Bertz CT molecular complexity index is 1380. The lowest BCUT2D eigenvalue weighted by Gasteiger charge is -2.26. The number of pyridine rings is 1. The number of fused-ring (bicyclic) bond motifs is 2. The third kappa shape index (κ3) is 2.95. The van der Waals surface area contributed by atoms with Gasteiger partial charge >= 0.3 is 0 Å². The Labute approximate surface area is 193 Å². The van der Waals surface area contributed by atoms with E-state index in [0.29, 0.717) is 46.3 Å². The van der Waals surface area contributed by atoms with E-state index in [1.807, 2.05) is 12.1 Å². The number of hydrogen-bond donors (Lipinski definition) is 2. The average Bonchev–Trinajstić information content (AvgIpc) is 3.30. The summed E-state index contributed by atoms with van der Waals surface area (Å²) in [5.74, 6) is 0.354. The van der Waals surface area contributed by atoms with Crippen LogP contribution >= 0.6 is 11.6 Å². The van der Waals surface area contributed by atoms with Gasteiger partial charge in [-0.3, -0.25) is 5.10 Å². The molecule has 6 rings (SSSR count). The molecule has 1 saturated heterocycles. The molecule has 7 nitrogen and oxygen atoms in total. The highest BCUT2D eigenvalue weighted by molar-refractivity contribution is 6.33. The molecule has 1 saturated carbocycles. The van der Waals surface area contributed by atoms with Gasteiger partial charge in [0.05, 0.1) is 6.20 Å². The maximum Gasteiger partial charge on any atom is 0.232 e. The average molecular weight is 468 g/mol. The first-order chi connectivity index (χ1) is 16.0. The second kappa shape index (κ2) is 7.43. The molecular formula is C23H20ClF2N7. The minimum Gasteiger partial charge on any atom is -0.355 e. The number of aromatic nitrogens is 5. The van der Waals surface area contributed by atoms with Crippen LogP contribution in [0.4, 0.5) is 14.6 Å². The van der Waals surface area contributed by atoms with E-state index in [1.54, 1.807) is 18.3 Å². The number of anilines is 1. The quantitative estimate of drug-likeness (QED) is 0.444. The molecule has 1 aromatic carbocycles. The Kier molecular flexibility index (Phi) is 4.60. The van der Waals surface area contributed by atoms with Gasteiger partial charge in [0, 0.05) is 36.8 Å². The van der Waals surface area contributed by atoms with Gasteiger partial charge in [0.25, 0.3) is 0 Å². The normalized spacial score (nSPS) is 24.2. The van der Waals surface area contributed by atoms with Crippen molar-refractivity contribution in [1.29, 1.82) is 0 Å². The molecule has 0 amide bonds. The zero-order chi connectivity index (χ0) is 22.7. The fourth-order valence-electron chi connectivity index (χ4n) is 5.57. The number of nitrogens with one attached hydrogen (secondary N) is 1. The summed E-state index contributed by atoms with van der Waals surface area (Å²) in [6, 6.07) is 8.52. The van der Waals surface area contributed by atoms with Gasteiger partial charge < -0.3 is 10.6 Å². The molecule has 1 aliphatic carbocycles. The molecule has 10 heteroatoms. The number of nitrogens with two attached hydrogens (primary N) is 1. The van der Waals surface area contributed by atoms with Crippen molar-refractivity contribution in [3.8, 4) is 11.3 Å². The zero-order valence-corrected chi connectivity index (χ0v) is 18.2. The number of benzene rings is 1. The summed E-state index contributed by atoms with van der Waals surface area (Å²) >= 11 is 6.08. The molecule has 3 N–H and O–H groups in total. The van der Waals surface area contributed by atoms with Crippen LogP contribution in [0.3, 0.4) is 0 Å². The number of rotatable bonds is 4. The van der Waals surface area contributed by atoms with E-state index in [9.17, 15) is 8.78 Å². The van der Waals surface area contributed by atoms with E-state index in [4.69, 9.17) is 22.3 Å². The third-order valence-corrected chi connectivity index (χ3v) is 7.58. The summed E-state index contributed by atoms with van der Waals surface area (Å²) in [6.45, 7) is 1.91. The molecule has 3 atom stereocenters. The number of halogens is 3. The maximum absolute atomic E-state index is 14.6. The van der Waals surface area contributed by atoms with E-state index in [2.05, 4.69) is 25.1 Å². The Morgan fingerprint density at radius 3 is 2.85 bits per heavy atom. The molecule has 168 valence electrons. The van der Waals surface area contributed by atoms with Crippen LogP contribution in [-0.4, -0.2) is 44.8 Å². The van der Waals surface area contributed by atoms with Crippen molar-refractivity contribution in [3.05, 3.63) is 65.1 Å².